The zero-order valence-corrected chi connectivity index (χ0v) is 19.3. The first-order valence-electron chi connectivity index (χ1n) is 11.2. The average Bonchev–Trinajstić information content (AvgIpc) is 3.60. The van der Waals surface area contributed by atoms with Crippen LogP contribution in [-0.2, 0) is 25.0 Å². The number of nitrogens with one attached hydrogen (secondary N) is 2. The molecule has 0 aromatic heterocycles. The number of benzene rings is 2. The highest BCUT2D eigenvalue weighted by Crippen LogP contribution is 2.48. The second kappa shape index (κ2) is 9.60. The number of aryl methyl sites for hydroxylation is 1. The summed E-state index contributed by atoms with van der Waals surface area (Å²) in [7, 11) is -3.65. The molecule has 2 N–H and O–H groups in total. The van der Waals surface area contributed by atoms with Crippen LogP contribution in [0.1, 0.15) is 30.4 Å². The van der Waals surface area contributed by atoms with Gasteiger partial charge in [0.15, 0.2) is 0 Å². The monoisotopic (exact) mass is 457 g/mol. The molecule has 1 heterocycles. The third kappa shape index (κ3) is 5.31. The van der Waals surface area contributed by atoms with Crippen LogP contribution in [0.25, 0.3) is 0 Å². The van der Waals surface area contributed by atoms with E-state index in [0.29, 0.717) is 12.2 Å². The summed E-state index contributed by atoms with van der Waals surface area (Å²) in [5.41, 5.74) is 1.82. The first-order valence-corrected chi connectivity index (χ1v) is 12.7. The number of carbonyl (C=O) groups is 1. The van der Waals surface area contributed by atoms with E-state index in [9.17, 15) is 13.2 Å². The lowest BCUT2D eigenvalue weighted by Crippen LogP contribution is -2.39. The number of hydrogen-bond donors (Lipinski definition) is 2. The molecule has 0 spiro atoms. The molecule has 7 nitrogen and oxygen atoms in total. The molecule has 1 saturated heterocycles. The van der Waals surface area contributed by atoms with Crippen molar-refractivity contribution in [1.29, 1.82) is 0 Å². The van der Waals surface area contributed by atoms with Crippen molar-refractivity contribution in [3.8, 4) is 0 Å². The van der Waals surface area contributed by atoms with Gasteiger partial charge in [-0.1, -0.05) is 24.3 Å². The highest BCUT2D eigenvalue weighted by Gasteiger charge is 2.51. The largest absolute Gasteiger partial charge is 0.379 e. The van der Waals surface area contributed by atoms with Crippen molar-refractivity contribution in [2.45, 2.75) is 36.5 Å². The molecule has 1 aliphatic carbocycles. The van der Waals surface area contributed by atoms with Gasteiger partial charge in [-0.05, 0) is 68.1 Å². The highest BCUT2D eigenvalue weighted by molar-refractivity contribution is 7.92. The van der Waals surface area contributed by atoms with Gasteiger partial charge in [-0.2, -0.15) is 0 Å². The van der Waals surface area contributed by atoms with Crippen molar-refractivity contribution < 1.29 is 17.9 Å². The Hall–Kier alpha value is -2.42. The quantitative estimate of drug-likeness (QED) is 0.566. The highest BCUT2D eigenvalue weighted by atomic mass is 32.2. The SMILES string of the molecule is Cc1cccc(S(=O)(=O)Nc2ccc(C3(C(=O)NCCCN4CCOCC4)CC3)cc2)c1. The van der Waals surface area contributed by atoms with Crippen LogP contribution < -0.4 is 10.0 Å². The number of amides is 1. The van der Waals surface area contributed by atoms with Gasteiger partial charge in [0, 0.05) is 25.3 Å². The fourth-order valence-electron chi connectivity index (χ4n) is 4.12. The molecule has 32 heavy (non-hydrogen) atoms. The first-order chi connectivity index (χ1) is 15.4. The van der Waals surface area contributed by atoms with Crippen molar-refractivity contribution in [2.75, 3.05) is 44.1 Å². The number of carbonyl (C=O) groups excluding carboxylic acids is 1. The lowest BCUT2D eigenvalue weighted by atomic mass is 9.95. The zero-order valence-electron chi connectivity index (χ0n) is 18.5. The number of anilines is 1. The van der Waals surface area contributed by atoms with Gasteiger partial charge in [-0.3, -0.25) is 14.4 Å². The van der Waals surface area contributed by atoms with E-state index in [2.05, 4.69) is 14.9 Å². The summed E-state index contributed by atoms with van der Waals surface area (Å²) in [6, 6.07) is 14.0. The molecule has 0 radical (unpaired) electrons. The number of rotatable bonds is 9. The maximum absolute atomic E-state index is 12.9. The number of sulfonamides is 1. The second-order valence-corrected chi connectivity index (χ2v) is 10.3. The standard InChI is InChI=1S/C24H31N3O4S/c1-19-4-2-5-22(18-19)32(29,30)26-21-8-6-20(7-9-21)24(10-11-24)23(28)25-12-3-13-27-14-16-31-17-15-27/h2,4-9,18,26H,3,10-17H2,1H3,(H,25,28). The van der Waals surface area contributed by atoms with Crippen LogP contribution in [0.3, 0.4) is 0 Å². The predicted octanol–water partition coefficient (Wildman–Crippen LogP) is 2.67. The van der Waals surface area contributed by atoms with Gasteiger partial charge in [0.2, 0.25) is 5.91 Å². The molecule has 1 amide bonds. The third-order valence-electron chi connectivity index (χ3n) is 6.21. The molecule has 172 valence electrons. The van der Waals surface area contributed by atoms with Gasteiger partial charge in [0.25, 0.3) is 10.0 Å². The van der Waals surface area contributed by atoms with Crippen molar-refractivity contribution in [3.63, 3.8) is 0 Å². The molecule has 2 aromatic rings. The minimum absolute atomic E-state index is 0.0626. The van der Waals surface area contributed by atoms with Gasteiger partial charge >= 0.3 is 0 Å². The topological polar surface area (TPSA) is 87.7 Å². The summed E-state index contributed by atoms with van der Waals surface area (Å²) in [6.45, 7) is 6.96. The maximum Gasteiger partial charge on any atom is 0.261 e. The zero-order chi connectivity index (χ0) is 22.6. The Labute approximate surface area is 190 Å². The Morgan fingerprint density at radius 3 is 2.47 bits per heavy atom. The second-order valence-electron chi connectivity index (χ2n) is 8.64. The fourth-order valence-corrected chi connectivity index (χ4v) is 5.29. The Balaban J connectivity index is 1.32. The Morgan fingerprint density at radius 1 is 1.09 bits per heavy atom. The lowest BCUT2D eigenvalue weighted by molar-refractivity contribution is -0.123. The molecule has 8 heteroatoms. The van der Waals surface area contributed by atoms with E-state index >= 15 is 0 Å². The summed E-state index contributed by atoms with van der Waals surface area (Å²) in [6.07, 6.45) is 2.55. The molecular weight excluding hydrogens is 426 g/mol. The first kappa shape index (κ1) is 22.8. The molecule has 0 unspecified atom stereocenters. The third-order valence-corrected chi connectivity index (χ3v) is 7.59. The molecule has 4 rings (SSSR count). The van der Waals surface area contributed by atoms with E-state index in [4.69, 9.17) is 4.74 Å². The number of nitrogens with zero attached hydrogens (tertiary/aromatic N) is 1. The molecule has 2 aromatic carbocycles. The van der Waals surface area contributed by atoms with Gasteiger partial charge in [0.1, 0.15) is 0 Å². The van der Waals surface area contributed by atoms with Crippen LogP contribution >= 0.6 is 0 Å². The summed E-state index contributed by atoms with van der Waals surface area (Å²) in [5, 5.41) is 3.09. The van der Waals surface area contributed by atoms with Crippen LogP contribution in [0.15, 0.2) is 53.4 Å². The molecule has 2 fully saturated rings. The van der Waals surface area contributed by atoms with E-state index < -0.39 is 15.4 Å². The molecule has 1 saturated carbocycles. The van der Waals surface area contributed by atoms with Crippen molar-refractivity contribution >= 4 is 21.6 Å². The van der Waals surface area contributed by atoms with Crippen LogP contribution in [0.2, 0.25) is 0 Å². The minimum atomic E-state index is -3.65. The molecule has 1 aliphatic heterocycles. The van der Waals surface area contributed by atoms with Crippen molar-refractivity contribution in [1.82, 2.24) is 10.2 Å². The summed E-state index contributed by atoms with van der Waals surface area (Å²) in [5.74, 6) is 0.0626. The van der Waals surface area contributed by atoms with Crippen LogP contribution in [0, 0.1) is 6.92 Å². The van der Waals surface area contributed by atoms with Crippen LogP contribution in [-0.4, -0.2) is 58.6 Å². The number of morpholine rings is 1. The summed E-state index contributed by atoms with van der Waals surface area (Å²) >= 11 is 0. The molecular formula is C24H31N3O4S. The van der Waals surface area contributed by atoms with E-state index in [1.165, 1.54) is 0 Å². The van der Waals surface area contributed by atoms with Gasteiger partial charge < -0.3 is 10.1 Å². The van der Waals surface area contributed by atoms with Crippen molar-refractivity contribution in [3.05, 3.63) is 59.7 Å². The normalized spacial score (nSPS) is 18.2. The van der Waals surface area contributed by atoms with Gasteiger partial charge in [-0.25, -0.2) is 8.42 Å². The smallest absolute Gasteiger partial charge is 0.261 e. The number of ether oxygens (including phenoxy) is 1. The number of hydrogen-bond acceptors (Lipinski definition) is 5. The Bertz CT molecular complexity index is 1040. The maximum atomic E-state index is 12.9. The van der Waals surface area contributed by atoms with E-state index in [1.54, 1.807) is 30.3 Å². The Morgan fingerprint density at radius 2 is 1.81 bits per heavy atom. The fraction of sp³-hybridized carbons (Fsp3) is 0.458. The molecule has 2 aliphatic rings. The van der Waals surface area contributed by atoms with Crippen LogP contribution in [0.5, 0.6) is 0 Å². The van der Waals surface area contributed by atoms with Gasteiger partial charge in [0.05, 0.1) is 23.5 Å². The van der Waals surface area contributed by atoms with E-state index in [-0.39, 0.29) is 10.8 Å². The lowest BCUT2D eigenvalue weighted by Gasteiger charge is -2.26. The van der Waals surface area contributed by atoms with Crippen LogP contribution in [0.4, 0.5) is 5.69 Å². The van der Waals surface area contributed by atoms with Crippen molar-refractivity contribution in [2.24, 2.45) is 0 Å². The van der Waals surface area contributed by atoms with E-state index in [0.717, 1.165) is 63.2 Å². The van der Waals surface area contributed by atoms with E-state index in [1.807, 2.05) is 25.1 Å². The Kier molecular flexibility index (Phi) is 6.83. The molecule has 0 bridgehead atoms. The predicted molar refractivity (Wildman–Crippen MR) is 124 cm³/mol. The van der Waals surface area contributed by atoms with Gasteiger partial charge in [-0.15, -0.1) is 0 Å². The molecule has 0 atom stereocenters. The summed E-state index contributed by atoms with van der Waals surface area (Å²) in [4.78, 5) is 15.4. The average molecular weight is 458 g/mol. The summed E-state index contributed by atoms with van der Waals surface area (Å²) < 4.78 is 33.2. The minimum Gasteiger partial charge on any atom is -0.379 e.